The number of ketones is 1. The molecule has 0 amide bonds. The molecule has 4 fully saturated rings. The van der Waals surface area contributed by atoms with Crippen LogP contribution in [0, 0.1) is 22.7 Å². The third-order valence-electron chi connectivity index (χ3n) is 6.32. The predicted molar refractivity (Wildman–Crippen MR) is 81.8 cm³/mol. The highest BCUT2D eigenvalue weighted by atomic mass is 16.1. The van der Waals surface area contributed by atoms with Gasteiger partial charge in [0.2, 0.25) is 0 Å². The SMILES string of the molecule is CCn1cc(CC(=O)C23CC4CC(CC(C)(C4)C2)C3)cn1. The van der Waals surface area contributed by atoms with Crippen molar-refractivity contribution in [1.82, 2.24) is 9.78 Å². The molecule has 2 unspecified atom stereocenters. The minimum atomic E-state index is 0.00709. The van der Waals surface area contributed by atoms with Crippen LogP contribution in [0.5, 0.6) is 0 Å². The smallest absolute Gasteiger partial charge is 0.143 e. The Hall–Kier alpha value is -1.12. The second-order valence-corrected chi connectivity index (χ2v) is 8.36. The summed E-state index contributed by atoms with van der Waals surface area (Å²) >= 11 is 0. The van der Waals surface area contributed by atoms with Gasteiger partial charge in [0.15, 0.2) is 0 Å². The average Bonchev–Trinajstić information content (AvgIpc) is 2.83. The normalized spacial score (nSPS) is 40.7. The molecule has 3 nitrogen and oxygen atoms in total. The number of aryl methyl sites for hydroxylation is 1. The summed E-state index contributed by atoms with van der Waals surface area (Å²) in [6, 6.07) is 0. The highest BCUT2D eigenvalue weighted by Crippen LogP contribution is 2.65. The van der Waals surface area contributed by atoms with E-state index in [1.807, 2.05) is 17.1 Å². The number of hydrogen-bond donors (Lipinski definition) is 0. The van der Waals surface area contributed by atoms with Crippen LogP contribution in [0.2, 0.25) is 0 Å². The van der Waals surface area contributed by atoms with Crippen molar-refractivity contribution in [3.63, 3.8) is 0 Å². The molecule has 4 aliphatic rings. The molecule has 4 bridgehead atoms. The van der Waals surface area contributed by atoms with Crippen LogP contribution in [0.1, 0.15) is 57.9 Å². The van der Waals surface area contributed by atoms with E-state index in [4.69, 9.17) is 0 Å². The maximum absolute atomic E-state index is 13.1. The van der Waals surface area contributed by atoms with Gasteiger partial charge < -0.3 is 0 Å². The van der Waals surface area contributed by atoms with Gasteiger partial charge in [0.25, 0.3) is 0 Å². The Kier molecular flexibility index (Phi) is 2.86. The maximum atomic E-state index is 13.1. The zero-order valence-electron chi connectivity index (χ0n) is 13.3. The molecule has 3 heteroatoms. The van der Waals surface area contributed by atoms with Crippen LogP contribution in [0.25, 0.3) is 0 Å². The molecule has 21 heavy (non-hydrogen) atoms. The molecule has 0 aliphatic heterocycles. The number of carbonyl (C=O) groups excluding carboxylic acids is 1. The summed E-state index contributed by atoms with van der Waals surface area (Å²) in [6.45, 7) is 5.39. The summed E-state index contributed by atoms with van der Waals surface area (Å²) < 4.78 is 1.92. The molecule has 0 N–H and O–H groups in total. The summed E-state index contributed by atoms with van der Waals surface area (Å²) in [5, 5.41) is 4.31. The van der Waals surface area contributed by atoms with Gasteiger partial charge in [0.05, 0.1) is 6.20 Å². The first-order valence-corrected chi connectivity index (χ1v) is 8.55. The molecule has 114 valence electrons. The molecule has 0 radical (unpaired) electrons. The zero-order valence-corrected chi connectivity index (χ0v) is 13.3. The van der Waals surface area contributed by atoms with Crippen molar-refractivity contribution < 1.29 is 4.79 Å². The van der Waals surface area contributed by atoms with Crippen LogP contribution >= 0.6 is 0 Å². The van der Waals surface area contributed by atoms with Crippen molar-refractivity contribution in [2.45, 2.75) is 65.3 Å². The minimum Gasteiger partial charge on any atom is -0.299 e. The molecular formula is C18H26N2O. The Bertz CT molecular complexity index is 560. The van der Waals surface area contributed by atoms with Crippen molar-refractivity contribution in [2.75, 3.05) is 0 Å². The van der Waals surface area contributed by atoms with Crippen molar-refractivity contribution in [1.29, 1.82) is 0 Å². The number of Topliss-reactive ketones (excluding diaryl/α,β-unsaturated/α-hetero) is 1. The zero-order chi connectivity index (χ0) is 14.7. The largest absolute Gasteiger partial charge is 0.299 e. The Morgan fingerprint density at radius 2 is 2.05 bits per heavy atom. The molecule has 2 atom stereocenters. The number of aromatic nitrogens is 2. The van der Waals surface area contributed by atoms with E-state index >= 15 is 0 Å². The fourth-order valence-corrected chi connectivity index (χ4v) is 6.09. The first-order valence-electron chi connectivity index (χ1n) is 8.55. The maximum Gasteiger partial charge on any atom is 0.143 e. The van der Waals surface area contributed by atoms with E-state index in [-0.39, 0.29) is 5.41 Å². The second-order valence-electron chi connectivity index (χ2n) is 8.36. The van der Waals surface area contributed by atoms with Crippen molar-refractivity contribution in [2.24, 2.45) is 22.7 Å². The van der Waals surface area contributed by atoms with Gasteiger partial charge in [0, 0.05) is 24.6 Å². The van der Waals surface area contributed by atoms with E-state index in [2.05, 4.69) is 18.9 Å². The van der Waals surface area contributed by atoms with Crippen molar-refractivity contribution in [3.05, 3.63) is 18.0 Å². The Morgan fingerprint density at radius 1 is 1.33 bits per heavy atom. The van der Waals surface area contributed by atoms with E-state index < -0.39 is 0 Å². The molecular weight excluding hydrogens is 260 g/mol. The van der Waals surface area contributed by atoms with E-state index in [9.17, 15) is 4.79 Å². The van der Waals surface area contributed by atoms with Gasteiger partial charge in [0.1, 0.15) is 5.78 Å². The topological polar surface area (TPSA) is 34.9 Å². The summed E-state index contributed by atoms with van der Waals surface area (Å²) in [5.74, 6) is 2.13. The molecule has 1 aromatic heterocycles. The molecule has 0 aromatic carbocycles. The van der Waals surface area contributed by atoms with Gasteiger partial charge in [-0.2, -0.15) is 5.10 Å². The van der Waals surface area contributed by atoms with Gasteiger partial charge in [-0.15, -0.1) is 0 Å². The van der Waals surface area contributed by atoms with Gasteiger partial charge in [-0.3, -0.25) is 9.48 Å². The monoisotopic (exact) mass is 286 g/mol. The van der Waals surface area contributed by atoms with E-state index in [0.717, 1.165) is 30.4 Å². The van der Waals surface area contributed by atoms with Crippen molar-refractivity contribution >= 4 is 5.78 Å². The second kappa shape index (κ2) is 4.44. The third kappa shape index (κ3) is 2.16. The first kappa shape index (κ1) is 13.5. The van der Waals surface area contributed by atoms with E-state index in [0.29, 0.717) is 17.6 Å². The van der Waals surface area contributed by atoms with Crippen LogP contribution in [0.15, 0.2) is 12.4 Å². The Morgan fingerprint density at radius 3 is 2.62 bits per heavy atom. The van der Waals surface area contributed by atoms with Crippen LogP contribution in [0.4, 0.5) is 0 Å². The molecule has 4 saturated carbocycles. The van der Waals surface area contributed by atoms with E-state index in [1.54, 1.807) is 0 Å². The molecule has 4 aliphatic carbocycles. The van der Waals surface area contributed by atoms with Gasteiger partial charge in [-0.05, 0) is 68.3 Å². The highest BCUT2D eigenvalue weighted by molar-refractivity contribution is 5.87. The van der Waals surface area contributed by atoms with Gasteiger partial charge >= 0.3 is 0 Å². The standard InChI is InChI=1S/C18H26N2O/c1-3-20-11-15(10-19-20)5-16(21)18-8-13-4-14(9-18)7-17(2,6-13)12-18/h10-11,13-14H,3-9,12H2,1-2H3. The van der Waals surface area contributed by atoms with Crippen molar-refractivity contribution in [3.8, 4) is 0 Å². The quantitative estimate of drug-likeness (QED) is 0.847. The lowest BCUT2D eigenvalue weighted by atomic mass is 9.43. The molecule has 0 spiro atoms. The number of carbonyl (C=O) groups is 1. The number of nitrogens with zero attached hydrogens (tertiary/aromatic N) is 2. The minimum absolute atomic E-state index is 0.00709. The Balaban J connectivity index is 1.56. The molecule has 5 rings (SSSR count). The van der Waals surface area contributed by atoms with Gasteiger partial charge in [-0.1, -0.05) is 6.92 Å². The highest BCUT2D eigenvalue weighted by Gasteiger charge is 2.58. The van der Waals surface area contributed by atoms with Crippen LogP contribution in [-0.2, 0) is 17.8 Å². The fraction of sp³-hybridized carbons (Fsp3) is 0.778. The molecule has 1 heterocycles. The van der Waals surface area contributed by atoms with Crippen LogP contribution in [-0.4, -0.2) is 15.6 Å². The first-order chi connectivity index (χ1) is 10.0. The lowest BCUT2D eigenvalue weighted by Crippen LogP contribution is -2.54. The van der Waals surface area contributed by atoms with Crippen LogP contribution in [0.3, 0.4) is 0 Å². The lowest BCUT2D eigenvalue weighted by Gasteiger charge is -2.60. The number of rotatable bonds is 4. The average molecular weight is 286 g/mol. The summed E-state index contributed by atoms with van der Waals surface area (Å²) in [7, 11) is 0. The lowest BCUT2D eigenvalue weighted by molar-refractivity contribution is -0.152. The van der Waals surface area contributed by atoms with E-state index in [1.165, 1.54) is 32.1 Å². The fourth-order valence-electron chi connectivity index (χ4n) is 6.09. The molecule has 1 aromatic rings. The Labute approximate surface area is 127 Å². The van der Waals surface area contributed by atoms with Gasteiger partial charge in [-0.25, -0.2) is 0 Å². The molecule has 0 saturated heterocycles. The third-order valence-corrected chi connectivity index (χ3v) is 6.32. The summed E-state index contributed by atoms with van der Waals surface area (Å²) in [5.41, 5.74) is 1.56. The summed E-state index contributed by atoms with van der Waals surface area (Å²) in [6.07, 6.45) is 12.1. The van der Waals surface area contributed by atoms with Crippen LogP contribution < -0.4 is 0 Å². The number of hydrogen-bond acceptors (Lipinski definition) is 2. The predicted octanol–water partition coefficient (Wildman–Crippen LogP) is 3.62. The summed E-state index contributed by atoms with van der Waals surface area (Å²) in [4.78, 5) is 13.1.